The van der Waals surface area contributed by atoms with Gasteiger partial charge in [0.2, 0.25) is 5.91 Å². The third kappa shape index (κ3) is 1.41. The first-order chi connectivity index (χ1) is 6.68. The summed E-state index contributed by atoms with van der Waals surface area (Å²) < 4.78 is 0. The molecule has 3 nitrogen and oxygen atoms in total. The average Bonchev–Trinajstić information content (AvgIpc) is 2.99. The molecule has 3 heteroatoms. The molecule has 1 aliphatic carbocycles. The Bertz CT molecular complexity index is 334. The van der Waals surface area contributed by atoms with Crippen molar-refractivity contribution in [3.05, 3.63) is 11.6 Å². The summed E-state index contributed by atoms with van der Waals surface area (Å²) in [6, 6.07) is 2.15. The summed E-state index contributed by atoms with van der Waals surface area (Å²) in [5.74, 6) is 0.0451. The maximum atomic E-state index is 11.9. The number of hydrogen-bond acceptors (Lipinski definition) is 2. The minimum Gasteiger partial charge on any atom is -0.337 e. The number of carbonyl (C=O) groups excluding carboxylic acids is 1. The van der Waals surface area contributed by atoms with Crippen molar-refractivity contribution in [2.45, 2.75) is 26.2 Å². The number of nitrogens with zero attached hydrogens (tertiary/aromatic N) is 2. The Balaban J connectivity index is 2.04. The van der Waals surface area contributed by atoms with E-state index in [0.29, 0.717) is 6.54 Å². The minimum atomic E-state index is -0.640. The highest BCUT2D eigenvalue weighted by molar-refractivity contribution is 5.88. The molecule has 1 fully saturated rings. The lowest BCUT2D eigenvalue weighted by Crippen LogP contribution is -2.39. The van der Waals surface area contributed by atoms with Crippen molar-refractivity contribution < 1.29 is 4.79 Å². The summed E-state index contributed by atoms with van der Waals surface area (Å²) in [7, 11) is 0. The smallest absolute Gasteiger partial charge is 0.243 e. The van der Waals surface area contributed by atoms with Crippen molar-refractivity contribution in [1.29, 1.82) is 5.26 Å². The van der Waals surface area contributed by atoms with Gasteiger partial charge in [-0.1, -0.05) is 11.6 Å². The molecule has 2 rings (SSSR count). The monoisotopic (exact) mass is 190 g/mol. The van der Waals surface area contributed by atoms with Crippen molar-refractivity contribution in [2.24, 2.45) is 5.41 Å². The number of nitriles is 1. The number of amides is 1. The Morgan fingerprint density at radius 2 is 2.36 bits per heavy atom. The van der Waals surface area contributed by atoms with Crippen LogP contribution in [0.15, 0.2) is 11.6 Å². The fourth-order valence-corrected chi connectivity index (χ4v) is 1.76. The first-order valence-corrected chi connectivity index (χ1v) is 5.04. The van der Waals surface area contributed by atoms with E-state index >= 15 is 0 Å². The summed E-state index contributed by atoms with van der Waals surface area (Å²) >= 11 is 0. The van der Waals surface area contributed by atoms with E-state index in [1.54, 1.807) is 0 Å². The van der Waals surface area contributed by atoms with Gasteiger partial charge in [0, 0.05) is 13.1 Å². The highest BCUT2D eigenvalue weighted by Crippen LogP contribution is 2.46. The summed E-state index contributed by atoms with van der Waals surface area (Å²) in [5.41, 5.74) is 0.704. The second-order valence-electron chi connectivity index (χ2n) is 4.25. The van der Waals surface area contributed by atoms with Gasteiger partial charge in [0.25, 0.3) is 0 Å². The number of carbonyl (C=O) groups is 1. The molecule has 14 heavy (non-hydrogen) atoms. The molecule has 0 unspecified atom stereocenters. The fraction of sp³-hybridized carbons (Fsp3) is 0.636. The summed E-state index contributed by atoms with van der Waals surface area (Å²) in [6.45, 7) is 3.55. The van der Waals surface area contributed by atoms with E-state index in [4.69, 9.17) is 5.26 Å². The quantitative estimate of drug-likeness (QED) is 0.588. The lowest BCUT2D eigenvalue weighted by molar-refractivity contribution is -0.134. The molecule has 0 aromatic carbocycles. The Hall–Kier alpha value is -1.30. The average molecular weight is 190 g/mol. The van der Waals surface area contributed by atoms with Crippen LogP contribution in [0.3, 0.4) is 0 Å². The minimum absolute atomic E-state index is 0.0451. The van der Waals surface area contributed by atoms with Gasteiger partial charge in [-0.05, 0) is 26.2 Å². The standard InChI is InChI=1S/C11H14N2O/c1-9-2-6-13(7-3-9)10(14)11(8-12)4-5-11/h2H,3-7H2,1H3. The lowest BCUT2D eigenvalue weighted by Gasteiger charge is -2.27. The molecule has 1 amide bonds. The van der Waals surface area contributed by atoms with Crippen molar-refractivity contribution >= 4 is 5.91 Å². The van der Waals surface area contributed by atoms with Crippen molar-refractivity contribution in [2.75, 3.05) is 13.1 Å². The van der Waals surface area contributed by atoms with Gasteiger partial charge in [0.15, 0.2) is 0 Å². The lowest BCUT2D eigenvalue weighted by atomic mass is 10.0. The molecule has 74 valence electrons. The van der Waals surface area contributed by atoms with E-state index < -0.39 is 5.41 Å². The zero-order valence-electron chi connectivity index (χ0n) is 8.42. The maximum Gasteiger partial charge on any atom is 0.243 e. The van der Waals surface area contributed by atoms with Gasteiger partial charge in [-0.2, -0.15) is 5.26 Å². The van der Waals surface area contributed by atoms with Crippen LogP contribution >= 0.6 is 0 Å². The molecule has 1 aliphatic heterocycles. The van der Waals surface area contributed by atoms with Gasteiger partial charge in [0.05, 0.1) is 6.07 Å². The maximum absolute atomic E-state index is 11.9. The SMILES string of the molecule is CC1=CCN(C(=O)C2(C#N)CC2)CC1. The summed E-state index contributed by atoms with van der Waals surface area (Å²) in [6.07, 6.45) is 4.53. The van der Waals surface area contributed by atoms with Crippen LogP contribution in [0, 0.1) is 16.7 Å². The Morgan fingerprint density at radius 1 is 1.64 bits per heavy atom. The Morgan fingerprint density at radius 3 is 2.79 bits per heavy atom. The first kappa shape index (κ1) is 9.26. The third-order valence-corrected chi connectivity index (χ3v) is 3.10. The van der Waals surface area contributed by atoms with E-state index in [1.807, 2.05) is 4.90 Å². The van der Waals surface area contributed by atoms with Crippen molar-refractivity contribution in [3.63, 3.8) is 0 Å². The van der Waals surface area contributed by atoms with Crippen LogP contribution in [0.2, 0.25) is 0 Å². The molecule has 0 aromatic heterocycles. The Labute approximate surface area is 84.0 Å². The predicted molar refractivity (Wildman–Crippen MR) is 52.2 cm³/mol. The van der Waals surface area contributed by atoms with Crippen LogP contribution in [0.4, 0.5) is 0 Å². The van der Waals surface area contributed by atoms with E-state index in [0.717, 1.165) is 25.8 Å². The topological polar surface area (TPSA) is 44.1 Å². The van der Waals surface area contributed by atoms with Crippen LogP contribution < -0.4 is 0 Å². The zero-order chi connectivity index (χ0) is 10.2. The van der Waals surface area contributed by atoms with Crippen LogP contribution in [0.5, 0.6) is 0 Å². The largest absolute Gasteiger partial charge is 0.337 e. The van der Waals surface area contributed by atoms with Gasteiger partial charge in [-0.15, -0.1) is 0 Å². The molecule has 1 saturated carbocycles. The second-order valence-corrected chi connectivity index (χ2v) is 4.25. The Kier molecular flexibility index (Phi) is 2.07. The van der Waals surface area contributed by atoms with E-state index in [9.17, 15) is 4.79 Å². The molecule has 1 heterocycles. The molecular weight excluding hydrogens is 176 g/mol. The molecule has 0 spiro atoms. The van der Waals surface area contributed by atoms with Gasteiger partial charge < -0.3 is 4.90 Å². The number of hydrogen-bond donors (Lipinski definition) is 0. The van der Waals surface area contributed by atoms with Gasteiger partial charge in [0.1, 0.15) is 5.41 Å². The van der Waals surface area contributed by atoms with Crippen LogP contribution in [0.25, 0.3) is 0 Å². The highest BCUT2D eigenvalue weighted by Gasteiger charge is 2.52. The van der Waals surface area contributed by atoms with Gasteiger partial charge >= 0.3 is 0 Å². The second kappa shape index (κ2) is 3.13. The van der Waals surface area contributed by atoms with Crippen molar-refractivity contribution in [3.8, 4) is 6.07 Å². The van der Waals surface area contributed by atoms with E-state index in [-0.39, 0.29) is 5.91 Å². The fourth-order valence-electron chi connectivity index (χ4n) is 1.76. The first-order valence-electron chi connectivity index (χ1n) is 5.04. The van der Waals surface area contributed by atoms with E-state index in [2.05, 4.69) is 19.1 Å². The van der Waals surface area contributed by atoms with Crippen LogP contribution in [-0.4, -0.2) is 23.9 Å². The summed E-state index contributed by atoms with van der Waals surface area (Å²) in [5, 5.41) is 8.90. The molecule has 0 radical (unpaired) electrons. The molecule has 0 N–H and O–H groups in total. The molecule has 0 aromatic rings. The van der Waals surface area contributed by atoms with Crippen LogP contribution in [-0.2, 0) is 4.79 Å². The highest BCUT2D eigenvalue weighted by atomic mass is 16.2. The normalized spacial score (nSPS) is 23.7. The molecule has 2 aliphatic rings. The molecule has 0 bridgehead atoms. The number of rotatable bonds is 1. The third-order valence-electron chi connectivity index (χ3n) is 3.10. The molecule has 0 atom stereocenters. The molecular formula is C11H14N2O. The summed E-state index contributed by atoms with van der Waals surface area (Å²) in [4.78, 5) is 13.7. The zero-order valence-corrected chi connectivity index (χ0v) is 8.42. The van der Waals surface area contributed by atoms with Gasteiger partial charge in [-0.25, -0.2) is 0 Å². The van der Waals surface area contributed by atoms with Crippen molar-refractivity contribution in [1.82, 2.24) is 4.90 Å². The predicted octanol–water partition coefficient (Wildman–Crippen LogP) is 1.47. The van der Waals surface area contributed by atoms with Crippen LogP contribution in [0.1, 0.15) is 26.2 Å². The molecule has 0 saturated heterocycles. The van der Waals surface area contributed by atoms with E-state index in [1.165, 1.54) is 5.57 Å². The van der Waals surface area contributed by atoms with Gasteiger partial charge in [-0.3, -0.25) is 4.79 Å².